The van der Waals surface area contributed by atoms with Crippen LogP contribution in [0.3, 0.4) is 0 Å². The van der Waals surface area contributed by atoms with Crippen molar-refractivity contribution >= 4 is 22.9 Å². The van der Waals surface area contributed by atoms with Gasteiger partial charge in [-0.15, -0.1) is 11.3 Å². The van der Waals surface area contributed by atoms with E-state index in [9.17, 15) is 4.79 Å². The van der Waals surface area contributed by atoms with Crippen LogP contribution >= 0.6 is 11.3 Å². The van der Waals surface area contributed by atoms with E-state index in [1.54, 1.807) is 0 Å². The van der Waals surface area contributed by atoms with Crippen LogP contribution in [-0.2, 0) is 0 Å². The number of carbonyl (C=O) groups is 1. The Morgan fingerprint density at radius 1 is 1.25 bits per heavy atom. The lowest BCUT2D eigenvalue weighted by Crippen LogP contribution is -2.09. The van der Waals surface area contributed by atoms with Gasteiger partial charge in [-0.1, -0.05) is 11.8 Å². The summed E-state index contributed by atoms with van der Waals surface area (Å²) in [6.45, 7) is 2.04. The summed E-state index contributed by atoms with van der Waals surface area (Å²) in [5, 5.41) is 11.5. The molecule has 102 valence electrons. The van der Waals surface area contributed by atoms with Crippen LogP contribution in [0, 0.1) is 18.8 Å². The molecule has 1 heterocycles. The van der Waals surface area contributed by atoms with Gasteiger partial charge >= 0.3 is 0 Å². The molecule has 2 rings (SSSR count). The summed E-state index contributed by atoms with van der Waals surface area (Å²) in [5.74, 6) is 5.70. The normalized spacial score (nSPS) is 9.70. The molecule has 4 heteroatoms. The highest BCUT2D eigenvalue weighted by molar-refractivity contribution is 7.14. The fraction of sp³-hybridized carbons (Fsp3) is 0.188. The molecule has 1 aromatic carbocycles. The van der Waals surface area contributed by atoms with E-state index in [4.69, 9.17) is 5.11 Å². The lowest BCUT2D eigenvalue weighted by molar-refractivity contribution is 0.103. The van der Waals surface area contributed by atoms with Crippen molar-refractivity contribution < 1.29 is 9.90 Å². The van der Waals surface area contributed by atoms with Crippen molar-refractivity contribution in [3.05, 3.63) is 51.7 Å². The molecule has 0 aliphatic rings. The van der Waals surface area contributed by atoms with E-state index in [0.29, 0.717) is 11.3 Å². The van der Waals surface area contributed by atoms with Crippen molar-refractivity contribution in [1.29, 1.82) is 0 Å². The number of hydrogen-bond donors (Lipinski definition) is 2. The van der Waals surface area contributed by atoms with E-state index in [1.165, 1.54) is 11.3 Å². The van der Waals surface area contributed by atoms with Crippen molar-refractivity contribution in [2.45, 2.75) is 13.3 Å². The lowest BCUT2D eigenvalue weighted by Gasteiger charge is -2.03. The van der Waals surface area contributed by atoms with E-state index >= 15 is 0 Å². The average molecular weight is 285 g/mol. The molecule has 0 saturated carbocycles. The summed E-state index contributed by atoms with van der Waals surface area (Å²) in [7, 11) is 0. The Balaban J connectivity index is 2.01. The molecule has 2 N–H and O–H groups in total. The summed E-state index contributed by atoms with van der Waals surface area (Å²) in [6, 6.07) is 11.1. The zero-order valence-electron chi connectivity index (χ0n) is 11.1. The third kappa shape index (κ3) is 3.95. The van der Waals surface area contributed by atoms with Crippen LogP contribution in [0.15, 0.2) is 36.4 Å². The number of nitrogens with one attached hydrogen (secondary N) is 1. The van der Waals surface area contributed by atoms with Gasteiger partial charge < -0.3 is 10.4 Å². The number of thiophene rings is 1. The van der Waals surface area contributed by atoms with Gasteiger partial charge in [-0.05, 0) is 43.3 Å². The first kappa shape index (κ1) is 14.3. The molecule has 3 nitrogen and oxygen atoms in total. The quantitative estimate of drug-likeness (QED) is 0.852. The Bertz CT molecular complexity index is 647. The largest absolute Gasteiger partial charge is 0.395 e. The second-order valence-corrected chi connectivity index (χ2v) is 5.51. The number of rotatable bonds is 3. The maximum Gasteiger partial charge on any atom is 0.265 e. The predicted octanol–water partition coefficient (Wildman–Crippen LogP) is 3.04. The Kier molecular flexibility index (Phi) is 4.94. The molecule has 20 heavy (non-hydrogen) atoms. The van der Waals surface area contributed by atoms with Crippen LogP contribution in [0.5, 0.6) is 0 Å². The van der Waals surface area contributed by atoms with Crippen molar-refractivity contribution in [2.24, 2.45) is 0 Å². The van der Waals surface area contributed by atoms with E-state index in [0.717, 1.165) is 16.1 Å². The van der Waals surface area contributed by atoms with Gasteiger partial charge in [0, 0.05) is 22.5 Å². The highest BCUT2D eigenvalue weighted by Crippen LogP contribution is 2.17. The topological polar surface area (TPSA) is 49.3 Å². The van der Waals surface area contributed by atoms with Gasteiger partial charge in [0.1, 0.15) is 0 Å². The van der Waals surface area contributed by atoms with Crippen molar-refractivity contribution in [2.75, 3.05) is 11.9 Å². The third-order valence-corrected chi connectivity index (χ3v) is 3.58. The molecular formula is C16H15NO2S. The van der Waals surface area contributed by atoms with Crippen molar-refractivity contribution in [1.82, 2.24) is 0 Å². The van der Waals surface area contributed by atoms with E-state index in [-0.39, 0.29) is 12.5 Å². The van der Waals surface area contributed by atoms with Gasteiger partial charge in [-0.2, -0.15) is 0 Å². The van der Waals surface area contributed by atoms with Gasteiger partial charge in [-0.3, -0.25) is 4.79 Å². The molecule has 0 spiro atoms. The molecule has 0 fully saturated rings. The van der Waals surface area contributed by atoms with Gasteiger partial charge in [0.25, 0.3) is 5.91 Å². The molecule has 0 radical (unpaired) electrons. The number of benzene rings is 1. The predicted molar refractivity (Wildman–Crippen MR) is 82.0 cm³/mol. The number of aliphatic hydroxyl groups is 1. The molecule has 0 aliphatic carbocycles. The average Bonchev–Trinajstić information content (AvgIpc) is 2.88. The highest BCUT2D eigenvalue weighted by Gasteiger charge is 2.07. The summed E-state index contributed by atoms with van der Waals surface area (Å²) < 4.78 is 0. The molecule has 2 aromatic rings. The van der Waals surface area contributed by atoms with Crippen molar-refractivity contribution in [3.8, 4) is 11.8 Å². The fourth-order valence-electron chi connectivity index (χ4n) is 1.61. The summed E-state index contributed by atoms with van der Waals surface area (Å²) >= 11 is 1.47. The molecule has 0 atom stereocenters. The van der Waals surface area contributed by atoms with Crippen LogP contribution in [0.1, 0.15) is 26.5 Å². The molecular weight excluding hydrogens is 270 g/mol. The molecule has 0 aliphatic heterocycles. The monoisotopic (exact) mass is 285 g/mol. The molecule has 1 amide bonds. The van der Waals surface area contributed by atoms with Crippen LogP contribution in [-0.4, -0.2) is 17.6 Å². The molecule has 0 saturated heterocycles. The van der Waals surface area contributed by atoms with Gasteiger partial charge in [0.15, 0.2) is 0 Å². The second-order valence-electron chi connectivity index (χ2n) is 4.22. The minimum atomic E-state index is -0.0952. The minimum absolute atomic E-state index is 0.0708. The van der Waals surface area contributed by atoms with E-state index in [2.05, 4.69) is 17.2 Å². The first-order chi connectivity index (χ1) is 9.69. The van der Waals surface area contributed by atoms with Gasteiger partial charge in [-0.25, -0.2) is 0 Å². The summed E-state index contributed by atoms with van der Waals surface area (Å²) in [6.07, 6.45) is 0.468. The molecule has 1 aromatic heterocycles. The zero-order chi connectivity index (χ0) is 14.4. The maximum atomic E-state index is 12.0. The number of amides is 1. The SMILES string of the molecule is Cc1ccc(C(=O)Nc2ccc(C#CCCO)cc2)s1. The zero-order valence-corrected chi connectivity index (χ0v) is 12.0. The molecule has 0 unspecified atom stereocenters. The number of carbonyl (C=O) groups excluding carboxylic acids is 1. The van der Waals surface area contributed by atoms with Crippen LogP contribution in [0.4, 0.5) is 5.69 Å². The van der Waals surface area contributed by atoms with Crippen LogP contribution in [0.2, 0.25) is 0 Å². The van der Waals surface area contributed by atoms with E-state index in [1.807, 2.05) is 43.3 Å². The number of aliphatic hydroxyl groups excluding tert-OH is 1. The first-order valence-electron chi connectivity index (χ1n) is 6.26. The fourth-order valence-corrected chi connectivity index (χ4v) is 2.37. The second kappa shape index (κ2) is 6.90. The first-order valence-corrected chi connectivity index (χ1v) is 7.08. The smallest absolute Gasteiger partial charge is 0.265 e. The lowest BCUT2D eigenvalue weighted by atomic mass is 10.2. The Labute approximate surface area is 122 Å². The highest BCUT2D eigenvalue weighted by atomic mass is 32.1. The van der Waals surface area contributed by atoms with Crippen molar-refractivity contribution in [3.63, 3.8) is 0 Å². The van der Waals surface area contributed by atoms with Crippen LogP contribution in [0.25, 0.3) is 0 Å². The molecule has 0 bridgehead atoms. The minimum Gasteiger partial charge on any atom is -0.395 e. The Morgan fingerprint density at radius 3 is 2.60 bits per heavy atom. The summed E-state index contributed by atoms with van der Waals surface area (Å²) in [5.41, 5.74) is 1.61. The van der Waals surface area contributed by atoms with Gasteiger partial charge in [0.05, 0.1) is 11.5 Å². The summed E-state index contributed by atoms with van der Waals surface area (Å²) in [4.78, 5) is 13.8. The number of hydrogen-bond acceptors (Lipinski definition) is 3. The van der Waals surface area contributed by atoms with Crippen LogP contribution < -0.4 is 5.32 Å². The maximum absolute atomic E-state index is 12.0. The number of anilines is 1. The Hall–Kier alpha value is -2.09. The standard InChI is InChI=1S/C16H15NO2S/c1-12-5-10-15(20-12)16(19)17-14-8-6-13(7-9-14)4-2-3-11-18/h5-10,18H,3,11H2,1H3,(H,17,19). The third-order valence-electron chi connectivity index (χ3n) is 2.58. The van der Waals surface area contributed by atoms with Gasteiger partial charge in [0.2, 0.25) is 0 Å². The Morgan fingerprint density at radius 2 is 2.00 bits per heavy atom. The number of aryl methyl sites for hydroxylation is 1. The van der Waals surface area contributed by atoms with E-state index < -0.39 is 0 Å².